The summed E-state index contributed by atoms with van der Waals surface area (Å²) in [6.07, 6.45) is 2.11. The molecule has 1 aliphatic rings. The number of amides is 1. The molecule has 3 N–H and O–H groups in total. The van der Waals surface area contributed by atoms with Gasteiger partial charge in [0, 0.05) is 11.6 Å². The molecule has 0 bridgehead atoms. The lowest BCUT2D eigenvalue weighted by molar-refractivity contribution is -0.126. The van der Waals surface area contributed by atoms with Crippen LogP contribution in [0.4, 0.5) is 0 Å². The van der Waals surface area contributed by atoms with Gasteiger partial charge >= 0.3 is 0 Å². The first-order valence-electron chi connectivity index (χ1n) is 5.82. The van der Waals surface area contributed by atoms with Gasteiger partial charge in [-0.05, 0) is 43.4 Å². The Balaban J connectivity index is 1.92. The maximum Gasteiger partial charge on any atom is 0.240 e. The third-order valence-electron chi connectivity index (χ3n) is 3.26. The first-order chi connectivity index (χ1) is 8.00. The molecule has 0 heterocycles. The molecule has 1 saturated carbocycles. The van der Waals surface area contributed by atoms with E-state index in [9.17, 15) is 4.79 Å². The van der Waals surface area contributed by atoms with E-state index in [1.54, 1.807) is 6.92 Å². The van der Waals surface area contributed by atoms with Crippen molar-refractivity contribution in [2.75, 3.05) is 0 Å². The minimum Gasteiger partial charge on any atom is -0.350 e. The van der Waals surface area contributed by atoms with Gasteiger partial charge in [-0.3, -0.25) is 4.79 Å². The summed E-state index contributed by atoms with van der Waals surface area (Å²) >= 11 is 5.87. The third kappa shape index (κ3) is 2.99. The topological polar surface area (TPSA) is 55.1 Å². The molecule has 1 amide bonds. The van der Waals surface area contributed by atoms with Crippen molar-refractivity contribution in [2.24, 2.45) is 11.7 Å². The zero-order valence-corrected chi connectivity index (χ0v) is 10.6. The average molecular weight is 253 g/mol. The van der Waals surface area contributed by atoms with Crippen LogP contribution in [0.1, 0.15) is 25.3 Å². The summed E-state index contributed by atoms with van der Waals surface area (Å²) in [6, 6.07) is 7.44. The predicted molar refractivity (Wildman–Crippen MR) is 68.6 cm³/mol. The fourth-order valence-corrected chi connectivity index (χ4v) is 2.10. The van der Waals surface area contributed by atoms with Crippen molar-refractivity contribution in [3.63, 3.8) is 0 Å². The fraction of sp³-hybridized carbons (Fsp3) is 0.462. The van der Waals surface area contributed by atoms with Crippen molar-refractivity contribution in [1.29, 1.82) is 0 Å². The Morgan fingerprint density at radius 2 is 2.29 bits per heavy atom. The number of benzene rings is 1. The normalized spacial score (nSPS) is 18.5. The van der Waals surface area contributed by atoms with E-state index in [0.717, 1.165) is 18.4 Å². The van der Waals surface area contributed by atoms with Crippen molar-refractivity contribution in [3.05, 3.63) is 34.9 Å². The highest BCUT2D eigenvalue weighted by Gasteiger charge is 2.43. The summed E-state index contributed by atoms with van der Waals surface area (Å²) < 4.78 is 0. The summed E-state index contributed by atoms with van der Waals surface area (Å²) in [6.45, 7) is 2.27. The molecule has 0 aromatic heterocycles. The number of hydrogen-bond donors (Lipinski definition) is 2. The highest BCUT2D eigenvalue weighted by Crippen LogP contribution is 2.38. The van der Waals surface area contributed by atoms with Crippen LogP contribution >= 0.6 is 11.6 Å². The Morgan fingerprint density at radius 1 is 1.59 bits per heavy atom. The molecule has 1 aliphatic carbocycles. The summed E-state index contributed by atoms with van der Waals surface area (Å²) in [5.41, 5.74) is 6.27. The van der Waals surface area contributed by atoms with E-state index in [0.29, 0.717) is 17.5 Å². The van der Waals surface area contributed by atoms with Gasteiger partial charge in [-0.15, -0.1) is 0 Å². The molecule has 3 nitrogen and oxygen atoms in total. The number of carbonyl (C=O) groups excluding carboxylic acids is 1. The molecule has 4 heteroatoms. The van der Waals surface area contributed by atoms with Crippen molar-refractivity contribution < 1.29 is 4.79 Å². The zero-order valence-electron chi connectivity index (χ0n) is 9.87. The van der Waals surface area contributed by atoms with Crippen molar-refractivity contribution in [3.8, 4) is 0 Å². The van der Waals surface area contributed by atoms with Crippen LogP contribution in [-0.2, 0) is 11.3 Å². The van der Waals surface area contributed by atoms with Crippen LogP contribution in [0.5, 0.6) is 0 Å². The molecule has 2 rings (SSSR count). The van der Waals surface area contributed by atoms with Gasteiger partial charge in [0.15, 0.2) is 0 Å². The molecule has 0 radical (unpaired) electrons. The maximum atomic E-state index is 11.9. The minimum atomic E-state index is -0.738. The molecule has 17 heavy (non-hydrogen) atoms. The summed E-state index contributed by atoms with van der Waals surface area (Å²) in [5.74, 6) is 0.252. The van der Waals surface area contributed by atoms with Crippen LogP contribution in [0.3, 0.4) is 0 Å². The quantitative estimate of drug-likeness (QED) is 0.862. The Bertz CT molecular complexity index is 427. The number of nitrogens with two attached hydrogens (primary N) is 1. The highest BCUT2D eigenvalue weighted by atomic mass is 35.5. The average Bonchev–Trinajstić information content (AvgIpc) is 3.09. The van der Waals surface area contributed by atoms with Crippen LogP contribution in [-0.4, -0.2) is 11.4 Å². The number of nitrogens with one attached hydrogen (secondary N) is 1. The van der Waals surface area contributed by atoms with Crippen LogP contribution in [0.15, 0.2) is 24.3 Å². The molecule has 1 atom stereocenters. The standard InChI is InChI=1S/C13H17ClN2O/c1-13(15,10-5-6-10)12(17)16-8-9-3-2-4-11(14)7-9/h2-4,7,10H,5-6,8,15H2,1H3,(H,16,17). The lowest BCUT2D eigenvalue weighted by Gasteiger charge is -2.23. The van der Waals surface area contributed by atoms with E-state index >= 15 is 0 Å². The zero-order chi connectivity index (χ0) is 12.5. The summed E-state index contributed by atoms with van der Waals surface area (Å²) in [7, 11) is 0. The van der Waals surface area contributed by atoms with Crippen molar-refractivity contribution >= 4 is 17.5 Å². The number of rotatable bonds is 4. The third-order valence-corrected chi connectivity index (χ3v) is 3.49. The van der Waals surface area contributed by atoms with Crippen LogP contribution < -0.4 is 11.1 Å². The monoisotopic (exact) mass is 252 g/mol. The van der Waals surface area contributed by atoms with E-state index in [1.165, 1.54) is 0 Å². The number of hydrogen-bond acceptors (Lipinski definition) is 2. The molecule has 1 unspecified atom stereocenters. The lowest BCUT2D eigenvalue weighted by Crippen LogP contribution is -2.53. The second-order valence-corrected chi connectivity index (χ2v) is 5.31. The molecule has 92 valence electrons. The second kappa shape index (κ2) is 4.67. The molecule has 1 fully saturated rings. The largest absolute Gasteiger partial charge is 0.350 e. The minimum absolute atomic E-state index is 0.0834. The Kier molecular flexibility index (Phi) is 3.40. The highest BCUT2D eigenvalue weighted by molar-refractivity contribution is 6.30. The van der Waals surface area contributed by atoms with Gasteiger partial charge in [-0.2, -0.15) is 0 Å². The number of halogens is 1. The predicted octanol–water partition coefficient (Wildman–Crippen LogP) is 2.08. The second-order valence-electron chi connectivity index (χ2n) is 4.87. The molecule has 1 aromatic carbocycles. The van der Waals surface area contributed by atoms with Crippen LogP contribution in [0, 0.1) is 5.92 Å². The SMILES string of the molecule is CC(N)(C(=O)NCc1cccc(Cl)c1)C1CC1. The summed E-state index contributed by atoms with van der Waals surface area (Å²) in [4.78, 5) is 11.9. The van der Waals surface area contributed by atoms with Gasteiger partial charge in [0.2, 0.25) is 5.91 Å². The first kappa shape index (κ1) is 12.4. The lowest BCUT2D eigenvalue weighted by atomic mass is 9.96. The van der Waals surface area contributed by atoms with E-state index in [1.807, 2.05) is 24.3 Å². The molecular formula is C13H17ClN2O. The van der Waals surface area contributed by atoms with Gasteiger partial charge < -0.3 is 11.1 Å². The van der Waals surface area contributed by atoms with Gasteiger partial charge in [0.1, 0.15) is 0 Å². The molecular weight excluding hydrogens is 236 g/mol. The van der Waals surface area contributed by atoms with E-state index in [2.05, 4.69) is 5.32 Å². The van der Waals surface area contributed by atoms with Gasteiger partial charge in [-0.25, -0.2) is 0 Å². The van der Waals surface area contributed by atoms with E-state index < -0.39 is 5.54 Å². The summed E-state index contributed by atoms with van der Waals surface area (Å²) in [5, 5.41) is 3.54. The molecule has 0 spiro atoms. The van der Waals surface area contributed by atoms with Gasteiger partial charge in [0.05, 0.1) is 5.54 Å². The van der Waals surface area contributed by atoms with Crippen LogP contribution in [0.25, 0.3) is 0 Å². The van der Waals surface area contributed by atoms with Crippen molar-refractivity contribution in [2.45, 2.75) is 31.8 Å². The smallest absolute Gasteiger partial charge is 0.240 e. The van der Waals surface area contributed by atoms with Crippen LogP contribution in [0.2, 0.25) is 5.02 Å². The Labute approximate surface area is 106 Å². The van der Waals surface area contributed by atoms with Crippen molar-refractivity contribution in [1.82, 2.24) is 5.32 Å². The molecule has 1 aromatic rings. The fourth-order valence-electron chi connectivity index (χ4n) is 1.89. The Morgan fingerprint density at radius 3 is 2.88 bits per heavy atom. The van der Waals surface area contributed by atoms with Gasteiger partial charge in [0.25, 0.3) is 0 Å². The maximum absolute atomic E-state index is 11.9. The van der Waals surface area contributed by atoms with Gasteiger partial charge in [-0.1, -0.05) is 23.7 Å². The molecule has 0 aliphatic heterocycles. The van der Waals surface area contributed by atoms with E-state index in [4.69, 9.17) is 17.3 Å². The molecule has 0 saturated heterocycles. The van der Waals surface area contributed by atoms with E-state index in [-0.39, 0.29) is 5.91 Å². The number of carbonyl (C=O) groups is 1. The Hall–Kier alpha value is -1.06. The first-order valence-corrected chi connectivity index (χ1v) is 6.19.